The monoisotopic (exact) mass is 235 g/mol. The largest absolute Gasteiger partial charge is 0.374 e. The van der Waals surface area contributed by atoms with Gasteiger partial charge in [0.25, 0.3) is 0 Å². The lowest BCUT2D eigenvalue weighted by Gasteiger charge is -2.14. The Morgan fingerprint density at radius 2 is 2.29 bits per heavy atom. The fourth-order valence-corrected chi connectivity index (χ4v) is 1.34. The van der Waals surface area contributed by atoms with E-state index in [1.807, 2.05) is 6.92 Å². The number of hydrogen-bond acceptors (Lipinski definition) is 3. The van der Waals surface area contributed by atoms with Crippen LogP contribution >= 0.6 is 0 Å². The molecule has 0 saturated carbocycles. The molecule has 90 valence electrons. The summed E-state index contributed by atoms with van der Waals surface area (Å²) in [7, 11) is 0. The molecule has 0 radical (unpaired) electrons. The van der Waals surface area contributed by atoms with E-state index in [9.17, 15) is 9.18 Å². The molecule has 1 amide bonds. The van der Waals surface area contributed by atoms with Crippen LogP contribution in [0.25, 0.3) is 0 Å². The molecule has 0 fully saturated rings. The number of benzene rings is 1. The quantitative estimate of drug-likeness (QED) is 0.833. The Morgan fingerprint density at radius 3 is 2.82 bits per heavy atom. The molecule has 0 aromatic heterocycles. The average molecular weight is 235 g/mol. The third kappa shape index (κ3) is 3.45. The first-order valence-electron chi connectivity index (χ1n) is 5.32. The van der Waals surface area contributed by atoms with Gasteiger partial charge in [-0.15, -0.1) is 0 Å². The Morgan fingerprint density at radius 1 is 1.59 bits per heavy atom. The number of likely N-dealkylation sites (N-methyl/N-ethyl adjacent to an activating group) is 1. The van der Waals surface area contributed by atoms with E-state index < -0.39 is 11.9 Å². The lowest BCUT2D eigenvalue weighted by Crippen LogP contribution is -2.37. The zero-order valence-corrected chi connectivity index (χ0v) is 9.75. The van der Waals surface area contributed by atoms with E-state index in [0.29, 0.717) is 12.2 Å². The fourth-order valence-electron chi connectivity index (χ4n) is 1.34. The van der Waals surface area contributed by atoms with Crippen molar-refractivity contribution in [2.45, 2.75) is 19.9 Å². The van der Waals surface area contributed by atoms with Gasteiger partial charge in [-0.05, 0) is 32.0 Å². The van der Waals surface area contributed by atoms with E-state index >= 15 is 0 Å². The fraction of sp³-hybridized carbons (Fsp3) is 0.333. The van der Waals surface area contributed by atoms with Crippen molar-refractivity contribution >= 4 is 11.6 Å². The topological polar surface area (TPSA) is 64.9 Å². The maximum Gasteiger partial charge on any atom is 0.242 e. The van der Waals surface area contributed by atoms with Gasteiger partial charge in [0.05, 0.1) is 5.56 Å². The third-order valence-corrected chi connectivity index (χ3v) is 2.22. The van der Waals surface area contributed by atoms with Crippen LogP contribution in [-0.2, 0) is 4.79 Å². The van der Waals surface area contributed by atoms with Crippen LogP contribution in [0.1, 0.15) is 19.4 Å². The van der Waals surface area contributed by atoms with Crippen LogP contribution in [0, 0.1) is 17.1 Å². The molecule has 1 aromatic carbocycles. The predicted octanol–water partition coefficient (Wildman–Crippen LogP) is 1.63. The highest BCUT2D eigenvalue weighted by Gasteiger charge is 2.12. The number of carbonyl (C=O) groups is 1. The van der Waals surface area contributed by atoms with Crippen LogP contribution in [0.4, 0.5) is 10.1 Å². The minimum absolute atomic E-state index is 0.0128. The van der Waals surface area contributed by atoms with Crippen molar-refractivity contribution < 1.29 is 9.18 Å². The highest BCUT2D eigenvalue weighted by Crippen LogP contribution is 2.14. The summed E-state index contributed by atoms with van der Waals surface area (Å²) in [6.45, 7) is 4.06. The second-order valence-corrected chi connectivity index (χ2v) is 3.57. The number of hydrogen-bond donors (Lipinski definition) is 2. The number of amides is 1. The number of anilines is 1. The summed E-state index contributed by atoms with van der Waals surface area (Å²) < 4.78 is 13.3. The molecule has 1 unspecified atom stereocenters. The number of nitriles is 1. The zero-order chi connectivity index (χ0) is 12.8. The van der Waals surface area contributed by atoms with E-state index in [1.54, 1.807) is 19.1 Å². The SMILES string of the molecule is CCNC(=O)C(C)Nc1ccc(C#N)c(F)c1. The Bertz CT molecular complexity index is 454. The van der Waals surface area contributed by atoms with Crippen molar-refractivity contribution in [3.05, 3.63) is 29.6 Å². The van der Waals surface area contributed by atoms with Crippen molar-refractivity contribution in [3.8, 4) is 6.07 Å². The van der Waals surface area contributed by atoms with Crippen LogP contribution in [0.3, 0.4) is 0 Å². The Kier molecular flexibility index (Phi) is 4.46. The van der Waals surface area contributed by atoms with E-state index in [2.05, 4.69) is 10.6 Å². The normalized spacial score (nSPS) is 11.4. The van der Waals surface area contributed by atoms with Gasteiger partial charge in [-0.3, -0.25) is 4.79 Å². The van der Waals surface area contributed by atoms with Crippen LogP contribution in [0.2, 0.25) is 0 Å². The molecule has 5 heteroatoms. The minimum Gasteiger partial charge on any atom is -0.374 e. The highest BCUT2D eigenvalue weighted by molar-refractivity contribution is 5.84. The number of halogens is 1. The molecule has 0 saturated heterocycles. The summed E-state index contributed by atoms with van der Waals surface area (Å²) in [4.78, 5) is 11.4. The Hall–Kier alpha value is -2.09. The molecule has 0 aliphatic rings. The summed E-state index contributed by atoms with van der Waals surface area (Å²) in [5.41, 5.74) is 0.460. The molecule has 17 heavy (non-hydrogen) atoms. The number of nitrogens with one attached hydrogen (secondary N) is 2. The van der Waals surface area contributed by atoms with Crippen LogP contribution < -0.4 is 10.6 Å². The second-order valence-electron chi connectivity index (χ2n) is 3.57. The van der Waals surface area contributed by atoms with Crippen molar-refractivity contribution in [1.82, 2.24) is 5.32 Å². The molecule has 1 rings (SSSR count). The van der Waals surface area contributed by atoms with Crippen LogP contribution in [0.5, 0.6) is 0 Å². The van der Waals surface area contributed by atoms with E-state index in [4.69, 9.17) is 5.26 Å². The lowest BCUT2D eigenvalue weighted by atomic mass is 10.2. The molecule has 0 heterocycles. The van der Waals surface area contributed by atoms with Gasteiger partial charge in [0.1, 0.15) is 17.9 Å². The van der Waals surface area contributed by atoms with Gasteiger partial charge in [-0.25, -0.2) is 4.39 Å². The van der Waals surface area contributed by atoms with E-state index in [0.717, 1.165) is 0 Å². The maximum atomic E-state index is 13.3. The van der Waals surface area contributed by atoms with Gasteiger partial charge in [0.2, 0.25) is 5.91 Å². The molecular weight excluding hydrogens is 221 g/mol. The average Bonchev–Trinajstić information content (AvgIpc) is 2.29. The second kappa shape index (κ2) is 5.85. The number of rotatable bonds is 4. The molecule has 0 bridgehead atoms. The molecule has 0 aliphatic heterocycles. The summed E-state index contributed by atoms with van der Waals surface area (Å²) in [6, 6.07) is 5.43. The maximum absolute atomic E-state index is 13.3. The molecule has 1 aromatic rings. The highest BCUT2D eigenvalue weighted by atomic mass is 19.1. The first kappa shape index (κ1) is 13.0. The van der Waals surface area contributed by atoms with Crippen molar-refractivity contribution in [2.75, 3.05) is 11.9 Å². The Balaban J connectivity index is 2.73. The summed E-state index contributed by atoms with van der Waals surface area (Å²) in [5, 5.41) is 14.1. The van der Waals surface area contributed by atoms with Gasteiger partial charge in [-0.1, -0.05) is 0 Å². The van der Waals surface area contributed by atoms with Crippen LogP contribution in [-0.4, -0.2) is 18.5 Å². The zero-order valence-electron chi connectivity index (χ0n) is 9.75. The number of carbonyl (C=O) groups excluding carboxylic acids is 1. The van der Waals surface area contributed by atoms with Crippen LogP contribution in [0.15, 0.2) is 18.2 Å². The van der Waals surface area contributed by atoms with E-state index in [-0.39, 0.29) is 11.5 Å². The van der Waals surface area contributed by atoms with Crippen molar-refractivity contribution in [2.24, 2.45) is 0 Å². The summed E-state index contributed by atoms with van der Waals surface area (Å²) in [6.07, 6.45) is 0. The van der Waals surface area contributed by atoms with Gasteiger partial charge >= 0.3 is 0 Å². The predicted molar refractivity (Wildman–Crippen MR) is 62.9 cm³/mol. The number of nitrogens with zero attached hydrogens (tertiary/aromatic N) is 1. The van der Waals surface area contributed by atoms with Crippen molar-refractivity contribution in [1.29, 1.82) is 5.26 Å². The van der Waals surface area contributed by atoms with Gasteiger partial charge in [-0.2, -0.15) is 5.26 Å². The van der Waals surface area contributed by atoms with Gasteiger partial charge in [0.15, 0.2) is 0 Å². The van der Waals surface area contributed by atoms with Gasteiger partial charge < -0.3 is 10.6 Å². The third-order valence-electron chi connectivity index (χ3n) is 2.22. The molecular formula is C12H14FN3O. The first-order valence-corrected chi connectivity index (χ1v) is 5.32. The lowest BCUT2D eigenvalue weighted by molar-refractivity contribution is -0.121. The summed E-state index contributed by atoms with van der Waals surface area (Å²) in [5.74, 6) is -0.752. The van der Waals surface area contributed by atoms with Crippen molar-refractivity contribution in [3.63, 3.8) is 0 Å². The molecule has 4 nitrogen and oxygen atoms in total. The molecule has 0 aliphatic carbocycles. The Labute approximate surface area is 99.4 Å². The van der Waals surface area contributed by atoms with E-state index in [1.165, 1.54) is 12.1 Å². The molecule has 1 atom stereocenters. The first-order chi connectivity index (χ1) is 8.08. The van der Waals surface area contributed by atoms with Gasteiger partial charge in [0, 0.05) is 12.2 Å². The standard InChI is InChI=1S/C12H14FN3O/c1-3-15-12(17)8(2)16-10-5-4-9(7-14)11(13)6-10/h4-6,8,16H,3H2,1-2H3,(H,15,17). The molecule has 0 spiro atoms. The smallest absolute Gasteiger partial charge is 0.242 e. The minimum atomic E-state index is -0.597. The molecule has 2 N–H and O–H groups in total. The summed E-state index contributed by atoms with van der Waals surface area (Å²) >= 11 is 0.